The molecule has 4 rings (SSSR count). The summed E-state index contributed by atoms with van der Waals surface area (Å²) in [6.07, 6.45) is -0.213. The maximum atomic E-state index is 13.0. The van der Waals surface area contributed by atoms with Crippen molar-refractivity contribution in [3.05, 3.63) is 114 Å². The lowest BCUT2D eigenvalue weighted by Crippen LogP contribution is -2.31. The number of aromatic nitrogens is 1. The van der Waals surface area contributed by atoms with Crippen LogP contribution in [0.15, 0.2) is 97.1 Å². The third-order valence-electron chi connectivity index (χ3n) is 5.50. The van der Waals surface area contributed by atoms with E-state index in [2.05, 4.69) is 10.3 Å². The van der Waals surface area contributed by atoms with Crippen molar-refractivity contribution in [2.24, 2.45) is 0 Å². The average molecular weight is 437 g/mol. The number of pyridine rings is 1. The van der Waals surface area contributed by atoms with Gasteiger partial charge in [0.15, 0.2) is 0 Å². The first kappa shape index (κ1) is 22.0. The number of carbonyl (C=O) groups excluding carboxylic acids is 1. The molecule has 0 aliphatic heterocycles. The van der Waals surface area contributed by atoms with Crippen LogP contribution in [0.2, 0.25) is 0 Å². The molecule has 0 saturated carbocycles. The Balaban J connectivity index is 1.60. The summed E-state index contributed by atoms with van der Waals surface area (Å²) in [6.45, 7) is 1.90. The van der Waals surface area contributed by atoms with Crippen LogP contribution in [0.1, 0.15) is 34.1 Å². The fourth-order valence-electron chi connectivity index (χ4n) is 3.83. The zero-order chi connectivity index (χ0) is 23.2. The molecule has 0 aliphatic carbocycles. The number of nitrogens with one attached hydrogen (secondary N) is 1. The number of carbonyl (C=O) groups is 2. The normalized spacial score (nSPS) is 11.5. The van der Waals surface area contributed by atoms with Crippen molar-refractivity contribution in [2.45, 2.75) is 19.4 Å². The predicted molar refractivity (Wildman–Crippen MR) is 129 cm³/mol. The third kappa shape index (κ3) is 5.33. The van der Waals surface area contributed by atoms with E-state index in [0.29, 0.717) is 5.69 Å². The van der Waals surface area contributed by atoms with E-state index in [1.807, 2.05) is 91.9 Å². The second-order valence-corrected chi connectivity index (χ2v) is 7.84. The molecule has 5 nitrogen and oxygen atoms in total. The Labute approximate surface area is 192 Å². The lowest BCUT2D eigenvalue weighted by atomic mass is 9.98. The molecule has 0 fully saturated rings. The van der Waals surface area contributed by atoms with E-state index in [1.54, 1.807) is 12.1 Å². The van der Waals surface area contributed by atoms with Crippen LogP contribution in [0, 0.1) is 6.92 Å². The van der Waals surface area contributed by atoms with Gasteiger partial charge in [-0.3, -0.25) is 9.59 Å². The van der Waals surface area contributed by atoms with Crippen LogP contribution in [0.3, 0.4) is 0 Å². The van der Waals surface area contributed by atoms with Crippen molar-refractivity contribution in [1.82, 2.24) is 10.3 Å². The van der Waals surface area contributed by atoms with Gasteiger partial charge in [-0.25, -0.2) is 4.98 Å². The van der Waals surface area contributed by atoms with Crippen LogP contribution >= 0.6 is 0 Å². The minimum atomic E-state index is -0.983. The summed E-state index contributed by atoms with van der Waals surface area (Å²) in [5.41, 5.74) is 5.66. The Hall–Kier alpha value is -4.25. The maximum Gasteiger partial charge on any atom is 0.305 e. The maximum absolute atomic E-state index is 13.0. The number of rotatable bonds is 7. The summed E-state index contributed by atoms with van der Waals surface area (Å²) in [6, 6.07) is 30.1. The lowest BCUT2D eigenvalue weighted by Gasteiger charge is -2.19. The molecule has 1 unspecified atom stereocenters. The zero-order valence-corrected chi connectivity index (χ0v) is 18.2. The number of benzene rings is 3. The second-order valence-electron chi connectivity index (χ2n) is 7.84. The SMILES string of the molecule is Cc1ccccc1C(CC(=O)O)NC(=O)c1cccc(-c2cccc(-c3ccccc3)c2)n1. The Bertz CT molecular complexity index is 1290. The minimum Gasteiger partial charge on any atom is -0.481 e. The zero-order valence-electron chi connectivity index (χ0n) is 18.2. The highest BCUT2D eigenvalue weighted by Gasteiger charge is 2.21. The molecule has 4 aromatic rings. The Morgan fingerprint density at radius 2 is 1.48 bits per heavy atom. The van der Waals surface area contributed by atoms with Crippen molar-refractivity contribution in [3.63, 3.8) is 0 Å². The molecule has 0 saturated heterocycles. The average Bonchev–Trinajstić information content (AvgIpc) is 2.84. The van der Waals surface area contributed by atoms with Crippen molar-refractivity contribution >= 4 is 11.9 Å². The van der Waals surface area contributed by atoms with Gasteiger partial charge in [0, 0.05) is 5.56 Å². The number of carboxylic acid groups (broad SMARTS) is 1. The molecule has 33 heavy (non-hydrogen) atoms. The molecule has 0 bridgehead atoms. The van der Waals surface area contributed by atoms with E-state index in [4.69, 9.17) is 0 Å². The van der Waals surface area contributed by atoms with Gasteiger partial charge in [-0.05, 0) is 47.4 Å². The van der Waals surface area contributed by atoms with Gasteiger partial charge >= 0.3 is 5.97 Å². The molecule has 164 valence electrons. The van der Waals surface area contributed by atoms with Gasteiger partial charge in [-0.15, -0.1) is 0 Å². The number of hydrogen-bond donors (Lipinski definition) is 2. The van der Waals surface area contributed by atoms with Crippen LogP contribution in [0.4, 0.5) is 0 Å². The summed E-state index contributed by atoms with van der Waals surface area (Å²) < 4.78 is 0. The van der Waals surface area contributed by atoms with Crippen molar-refractivity contribution in [3.8, 4) is 22.4 Å². The Morgan fingerprint density at radius 3 is 2.24 bits per heavy atom. The van der Waals surface area contributed by atoms with Crippen LogP contribution < -0.4 is 5.32 Å². The highest BCUT2D eigenvalue weighted by atomic mass is 16.4. The second kappa shape index (κ2) is 9.92. The number of nitrogens with zero attached hydrogens (tertiary/aromatic N) is 1. The van der Waals surface area contributed by atoms with E-state index in [1.165, 1.54) is 0 Å². The van der Waals surface area contributed by atoms with Crippen LogP contribution in [0.5, 0.6) is 0 Å². The fourth-order valence-corrected chi connectivity index (χ4v) is 3.83. The topological polar surface area (TPSA) is 79.3 Å². The van der Waals surface area contributed by atoms with E-state index in [0.717, 1.165) is 27.8 Å². The van der Waals surface area contributed by atoms with Gasteiger partial charge in [-0.1, -0.05) is 78.9 Å². The molecule has 1 heterocycles. The molecule has 1 amide bonds. The van der Waals surface area contributed by atoms with Crippen molar-refractivity contribution in [1.29, 1.82) is 0 Å². The molecular weight excluding hydrogens is 412 g/mol. The Morgan fingerprint density at radius 1 is 0.818 bits per heavy atom. The molecule has 0 radical (unpaired) electrons. The fraction of sp³-hybridized carbons (Fsp3) is 0.107. The molecule has 1 aromatic heterocycles. The van der Waals surface area contributed by atoms with Crippen LogP contribution in [-0.2, 0) is 4.79 Å². The van der Waals surface area contributed by atoms with Gasteiger partial charge < -0.3 is 10.4 Å². The standard InChI is InChI=1S/C28H24N2O3/c1-19-9-5-6-14-23(19)26(18-27(31)32)30-28(33)25-16-8-15-24(29-25)22-13-7-12-21(17-22)20-10-3-2-4-11-20/h2-17,26H,18H2,1H3,(H,30,33)(H,31,32). The summed E-state index contributed by atoms with van der Waals surface area (Å²) in [5, 5.41) is 12.2. The van der Waals surface area contributed by atoms with Gasteiger partial charge in [0.1, 0.15) is 5.69 Å². The number of aliphatic carboxylic acids is 1. The van der Waals surface area contributed by atoms with E-state index in [9.17, 15) is 14.7 Å². The first-order valence-electron chi connectivity index (χ1n) is 10.7. The first-order valence-corrected chi connectivity index (χ1v) is 10.7. The van der Waals surface area contributed by atoms with Crippen LogP contribution in [0.25, 0.3) is 22.4 Å². The monoisotopic (exact) mass is 436 g/mol. The van der Waals surface area contributed by atoms with Crippen molar-refractivity contribution < 1.29 is 14.7 Å². The molecule has 0 spiro atoms. The van der Waals surface area contributed by atoms with Crippen molar-refractivity contribution in [2.75, 3.05) is 0 Å². The quantitative estimate of drug-likeness (QED) is 0.391. The summed E-state index contributed by atoms with van der Waals surface area (Å²) in [5.74, 6) is -1.39. The van der Waals surface area contributed by atoms with Crippen LogP contribution in [-0.4, -0.2) is 22.0 Å². The number of aryl methyl sites for hydroxylation is 1. The molecular formula is C28H24N2O3. The minimum absolute atomic E-state index is 0.213. The van der Waals surface area contributed by atoms with E-state index in [-0.39, 0.29) is 12.1 Å². The first-order chi connectivity index (χ1) is 16.0. The van der Waals surface area contributed by atoms with Gasteiger partial charge in [0.2, 0.25) is 0 Å². The lowest BCUT2D eigenvalue weighted by molar-refractivity contribution is -0.137. The largest absolute Gasteiger partial charge is 0.481 e. The van der Waals surface area contributed by atoms with E-state index >= 15 is 0 Å². The summed E-state index contributed by atoms with van der Waals surface area (Å²) in [4.78, 5) is 29.0. The Kier molecular flexibility index (Phi) is 6.60. The summed E-state index contributed by atoms with van der Waals surface area (Å²) in [7, 11) is 0. The molecule has 2 N–H and O–H groups in total. The van der Waals surface area contributed by atoms with Gasteiger partial charge in [-0.2, -0.15) is 0 Å². The highest BCUT2D eigenvalue weighted by Crippen LogP contribution is 2.26. The number of amides is 1. The molecule has 1 atom stereocenters. The van der Waals surface area contributed by atoms with Gasteiger partial charge in [0.05, 0.1) is 18.2 Å². The molecule has 0 aliphatic rings. The number of carboxylic acids is 1. The number of hydrogen-bond acceptors (Lipinski definition) is 3. The molecule has 3 aromatic carbocycles. The predicted octanol–water partition coefficient (Wildman–Crippen LogP) is 5.67. The third-order valence-corrected chi connectivity index (χ3v) is 5.50. The summed E-state index contributed by atoms with van der Waals surface area (Å²) >= 11 is 0. The highest BCUT2D eigenvalue weighted by molar-refractivity contribution is 5.93. The molecule has 5 heteroatoms. The van der Waals surface area contributed by atoms with E-state index < -0.39 is 17.9 Å². The van der Waals surface area contributed by atoms with Gasteiger partial charge in [0.25, 0.3) is 5.91 Å². The smallest absolute Gasteiger partial charge is 0.305 e.